The van der Waals surface area contributed by atoms with E-state index in [0.717, 1.165) is 0 Å². The maximum Gasteiger partial charge on any atom is 0.303 e. The van der Waals surface area contributed by atoms with E-state index in [1.54, 1.807) is 0 Å². The highest BCUT2D eigenvalue weighted by molar-refractivity contribution is 6.22. The fraction of sp³-hybridized carbons (Fsp3) is 0.579. The number of hydrogen-bond acceptors (Lipinski definition) is 8. The maximum absolute atomic E-state index is 12.1. The summed E-state index contributed by atoms with van der Waals surface area (Å²) in [4.78, 5) is 44.0. The number of carboxylic acid groups (broad SMARTS) is 2. The Balaban J connectivity index is 0. The van der Waals surface area contributed by atoms with E-state index >= 15 is 0 Å². The van der Waals surface area contributed by atoms with Crippen LogP contribution in [-0.2, 0) is 19.2 Å². The van der Waals surface area contributed by atoms with Gasteiger partial charge in [-0.15, -0.1) is 0 Å². The minimum absolute atomic E-state index is 0.0628. The number of carbonyl (C=O) groups excluding carboxylic acids is 2. The summed E-state index contributed by atoms with van der Waals surface area (Å²) < 4.78 is 0. The van der Waals surface area contributed by atoms with Crippen LogP contribution in [0.25, 0.3) is 0 Å². The highest BCUT2D eigenvalue weighted by Crippen LogP contribution is 2.36. The molecule has 0 unspecified atom stereocenters. The summed E-state index contributed by atoms with van der Waals surface area (Å²) in [6.45, 7) is 6.34. The fourth-order valence-corrected chi connectivity index (χ4v) is 2.25. The molecule has 166 valence electrons. The van der Waals surface area contributed by atoms with Crippen LogP contribution in [0.1, 0.15) is 39.5 Å². The molecule has 29 heavy (non-hydrogen) atoms. The van der Waals surface area contributed by atoms with E-state index < -0.39 is 54.3 Å². The molecule has 0 aliphatic heterocycles. The number of ketones is 2. The number of aliphatic hydroxyl groups is 4. The largest absolute Gasteiger partial charge is 0.481 e. The van der Waals surface area contributed by atoms with E-state index in [9.17, 15) is 39.6 Å². The van der Waals surface area contributed by atoms with E-state index in [2.05, 4.69) is 13.2 Å². The van der Waals surface area contributed by atoms with Gasteiger partial charge in [0.25, 0.3) is 0 Å². The van der Waals surface area contributed by atoms with Gasteiger partial charge in [-0.1, -0.05) is 13.2 Å². The monoisotopic (exact) mass is 418 g/mol. The molecule has 0 rings (SSSR count). The van der Waals surface area contributed by atoms with Crippen molar-refractivity contribution in [2.75, 3.05) is 19.8 Å². The fourth-order valence-electron chi connectivity index (χ4n) is 2.25. The van der Waals surface area contributed by atoms with Crippen molar-refractivity contribution < 1.29 is 49.8 Å². The molecule has 10 heteroatoms. The first-order chi connectivity index (χ1) is 13.3. The number of hydrogen-bond donors (Lipinski definition) is 6. The maximum atomic E-state index is 12.1. The molecule has 0 aromatic carbocycles. The van der Waals surface area contributed by atoms with Gasteiger partial charge >= 0.3 is 11.9 Å². The molecule has 0 radical (unpaired) electrons. The van der Waals surface area contributed by atoms with Gasteiger partial charge in [0, 0.05) is 12.8 Å². The lowest BCUT2D eigenvalue weighted by Crippen LogP contribution is -2.65. The van der Waals surface area contributed by atoms with Crippen LogP contribution in [0.5, 0.6) is 0 Å². The molecule has 10 nitrogen and oxygen atoms in total. The molecular formula is C19H30O10. The van der Waals surface area contributed by atoms with Crippen molar-refractivity contribution >= 4 is 23.5 Å². The summed E-state index contributed by atoms with van der Waals surface area (Å²) in [7, 11) is 0. The lowest BCUT2D eigenvalue weighted by atomic mass is 9.66. The normalized spacial score (nSPS) is 11.1. The summed E-state index contributed by atoms with van der Waals surface area (Å²) in [5, 5.41) is 54.8. The number of unbranched alkanes of at least 4 members (excludes halogenated alkanes) is 1. The van der Waals surface area contributed by atoms with Crippen molar-refractivity contribution in [1.29, 1.82) is 0 Å². The molecule has 0 amide bonds. The second-order valence-electron chi connectivity index (χ2n) is 6.68. The second kappa shape index (κ2) is 12.9. The van der Waals surface area contributed by atoms with E-state index in [1.165, 1.54) is 13.8 Å². The Kier molecular flexibility index (Phi) is 12.9. The van der Waals surface area contributed by atoms with Crippen LogP contribution < -0.4 is 0 Å². The van der Waals surface area contributed by atoms with Crippen molar-refractivity contribution in [1.82, 2.24) is 0 Å². The van der Waals surface area contributed by atoms with Gasteiger partial charge in [0.05, 0.1) is 25.2 Å². The number of Topliss-reactive ketones (excluding diaryl/α,β-unsaturated/α-hetero) is 2. The van der Waals surface area contributed by atoms with Gasteiger partial charge in [-0.05, 0) is 37.8 Å². The van der Waals surface area contributed by atoms with Gasteiger partial charge in [-0.3, -0.25) is 19.2 Å². The molecule has 0 saturated carbocycles. The zero-order chi connectivity index (χ0) is 23.4. The van der Waals surface area contributed by atoms with Crippen LogP contribution >= 0.6 is 0 Å². The van der Waals surface area contributed by atoms with Crippen LogP contribution in [0.3, 0.4) is 0 Å². The van der Waals surface area contributed by atoms with Crippen molar-refractivity contribution in [2.24, 2.45) is 5.41 Å². The Hall–Kier alpha value is -2.40. The second-order valence-corrected chi connectivity index (χ2v) is 6.68. The average Bonchev–Trinajstić information content (AvgIpc) is 2.65. The smallest absolute Gasteiger partial charge is 0.303 e. The standard InChI is InChI=1S/C13H20O6.C6H10O4/c1-8(2)10(17)13(19,11(18)9(3)4)12(5-14,6-15)7-16;7-5(8)3-1-2-4-6(9)10/h14-16,19H,1,3,5-7H2,2,4H3;1-4H2,(H,7,8)(H,9,10). The quantitative estimate of drug-likeness (QED) is 0.131. The first kappa shape index (κ1) is 28.8. The van der Waals surface area contributed by atoms with E-state index in [0.29, 0.717) is 12.8 Å². The molecule has 0 atom stereocenters. The van der Waals surface area contributed by atoms with Crippen LogP contribution in [0.2, 0.25) is 0 Å². The van der Waals surface area contributed by atoms with E-state index in [1.807, 2.05) is 0 Å². The highest BCUT2D eigenvalue weighted by Gasteiger charge is 2.59. The van der Waals surface area contributed by atoms with Crippen LogP contribution in [0.15, 0.2) is 24.3 Å². The summed E-state index contributed by atoms with van der Waals surface area (Å²) in [6, 6.07) is 0. The van der Waals surface area contributed by atoms with E-state index in [-0.39, 0.29) is 24.0 Å². The molecule has 0 aliphatic carbocycles. The summed E-state index contributed by atoms with van der Waals surface area (Å²) in [5.41, 5.74) is -5.20. The molecule has 0 aliphatic rings. The average molecular weight is 418 g/mol. The number of rotatable bonds is 13. The predicted molar refractivity (Wildman–Crippen MR) is 102 cm³/mol. The van der Waals surface area contributed by atoms with Crippen molar-refractivity contribution in [3.05, 3.63) is 24.3 Å². The van der Waals surface area contributed by atoms with Gasteiger partial charge in [0.2, 0.25) is 5.60 Å². The Morgan fingerprint density at radius 2 is 1.00 bits per heavy atom. The van der Waals surface area contributed by atoms with Gasteiger partial charge in [-0.25, -0.2) is 0 Å². The van der Waals surface area contributed by atoms with Crippen molar-refractivity contribution in [3.8, 4) is 0 Å². The Morgan fingerprint density at radius 1 is 0.724 bits per heavy atom. The van der Waals surface area contributed by atoms with Crippen molar-refractivity contribution in [2.45, 2.75) is 45.1 Å². The summed E-state index contributed by atoms with van der Waals surface area (Å²) in [5.74, 6) is -3.88. The van der Waals surface area contributed by atoms with Crippen LogP contribution in [-0.4, -0.2) is 79.6 Å². The number of aliphatic carboxylic acids is 2. The molecule has 0 aromatic rings. The zero-order valence-corrected chi connectivity index (χ0v) is 16.7. The number of aliphatic hydroxyl groups excluding tert-OH is 3. The number of carbonyl (C=O) groups is 4. The summed E-state index contributed by atoms with van der Waals surface area (Å²) >= 11 is 0. The van der Waals surface area contributed by atoms with Gasteiger partial charge in [0.1, 0.15) is 0 Å². The van der Waals surface area contributed by atoms with Crippen LogP contribution in [0, 0.1) is 5.41 Å². The minimum Gasteiger partial charge on any atom is -0.481 e. The topological polar surface area (TPSA) is 190 Å². The lowest BCUT2D eigenvalue weighted by Gasteiger charge is -2.41. The Labute approximate surface area is 168 Å². The minimum atomic E-state index is -2.80. The SMILES string of the molecule is C=C(C)C(=O)C(O)(C(=O)C(=C)C)C(CO)(CO)CO.O=C(O)CCCCC(=O)O. The third kappa shape index (κ3) is 7.86. The van der Waals surface area contributed by atoms with E-state index in [4.69, 9.17) is 10.2 Å². The Bertz CT molecular complexity index is 581. The predicted octanol–water partition coefficient (Wildman–Crippen LogP) is -0.313. The molecule has 0 spiro atoms. The number of carboxylic acids is 2. The highest BCUT2D eigenvalue weighted by atomic mass is 16.4. The first-order valence-electron chi connectivity index (χ1n) is 8.66. The van der Waals surface area contributed by atoms with Gasteiger partial charge in [-0.2, -0.15) is 0 Å². The lowest BCUT2D eigenvalue weighted by molar-refractivity contribution is -0.178. The molecule has 0 fully saturated rings. The molecule has 0 aromatic heterocycles. The molecule has 0 heterocycles. The summed E-state index contributed by atoms with van der Waals surface area (Å²) in [6.07, 6.45) is 1.02. The zero-order valence-electron chi connectivity index (χ0n) is 16.7. The molecule has 0 bridgehead atoms. The van der Waals surface area contributed by atoms with Crippen LogP contribution in [0.4, 0.5) is 0 Å². The first-order valence-corrected chi connectivity index (χ1v) is 8.66. The molecular weight excluding hydrogens is 388 g/mol. The molecule has 0 saturated heterocycles. The Morgan fingerprint density at radius 3 is 1.17 bits per heavy atom. The van der Waals surface area contributed by atoms with Crippen molar-refractivity contribution in [3.63, 3.8) is 0 Å². The van der Waals surface area contributed by atoms with Gasteiger partial charge in [0.15, 0.2) is 11.6 Å². The van der Waals surface area contributed by atoms with Gasteiger partial charge < -0.3 is 30.6 Å². The third-order valence-corrected chi connectivity index (χ3v) is 4.14. The third-order valence-electron chi connectivity index (χ3n) is 4.14. The molecule has 6 N–H and O–H groups in total.